The molecule has 0 bridgehead atoms. The highest BCUT2D eigenvalue weighted by molar-refractivity contribution is 5.95. The molecule has 2 amide bonds. The van der Waals surface area contributed by atoms with Gasteiger partial charge in [-0.15, -0.1) is 0 Å². The molecule has 3 rings (SSSR count). The molecule has 1 aliphatic heterocycles. The Morgan fingerprint density at radius 2 is 1.08 bits per heavy atom. The van der Waals surface area contributed by atoms with E-state index in [1.165, 1.54) is 0 Å². The Morgan fingerprint density at radius 3 is 1.46 bits per heavy atom. The van der Waals surface area contributed by atoms with Crippen LogP contribution in [-0.2, 0) is 9.47 Å². The van der Waals surface area contributed by atoms with Crippen LogP contribution < -0.4 is 10.6 Å². The van der Waals surface area contributed by atoms with Gasteiger partial charge in [0.05, 0.1) is 13.2 Å². The molecule has 1 aliphatic rings. The molecule has 2 aromatic rings. The van der Waals surface area contributed by atoms with E-state index in [0.717, 1.165) is 0 Å². The zero-order valence-corrected chi connectivity index (χ0v) is 13.0. The minimum atomic E-state index is -0.751. The lowest BCUT2D eigenvalue weighted by Crippen LogP contribution is -2.57. The van der Waals surface area contributed by atoms with Gasteiger partial charge in [-0.05, 0) is 24.3 Å². The molecule has 0 spiro atoms. The molecule has 0 radical (unpaired) electrons. The fourth-order valence-electron chi connectivity index (χ4n) is 2.36. The number of nitrogens with one attached hydrogen (secondary N) is 2. The van der Waals surface area contributed by atoms with Crippen LogP contribution in [0.15, 0.2) is 60.7 Å². The van der Waals surface area contributed by atoms with Gasteiger partial charge in [0.1, 0.15) is 0 Å². The van der Waals surface area contributed by atoms with Gasteiger partial charge < -0.3 is 20.1 Å². The Kier molecular flexibility index (Phi) is 5.20. The van der Waals surface area contributed by atoms with E-state index < -0.39 is 12.5 Å². The molecule has 0 unspecified atom stereocenters. The number of amides is 2. The number of carbonyl (C=O) groups is 2. The Morgan fingerprint density at radius 1 is 0.708 bits per heavy atom. The van der Waals surface area contributed by atoms with Gasteiger partial charge in [-0.25, -0.2) is 0 Å². The summed E-state index contributed by atoms with van der Waals surface area (Å²) in [6, 6.07) is 17.6. The van der Waals surface area contributed by atoms with E-state index in [9.17, 15) is 9.59 Å². The van der Waals surface area contributed by atoms with Crippen LogP contribution in [0, 0.1) is 0 Å². The van der Waals surface area contributed by atoms with E-state index >= 15 is 0 Å². The summed E-state index contributed by atoms with van der Waals surface area (Å²) in [6.07, 6.45) is -1.50. The Labute approximate surface area is 139 Å². The van der Waals surface area contributed by atoms with Crippen molar-refractivity contribution in [3.05, 3.63) is 71.8 Å². The van der Waals surface area contributed by atoms with Gasteiger partial charge in [0.2, 0.25) is 0 Å². The maximum atomic E-state index is 12.3. The molecule has 2 aromatic carbocycles. The van der Waals surface area contributed by atoms with Crippen LogP contribution in [0.2, 0.25) is 0 Å². The van der Waals surface area contributed by atoms with Gasteiger partial charge >= 0.3 is 0 Å². The number of rotatable bonds is 4. The Balaban J connectivity index is 1.65. The van der Waals surface area contributed by atoms with Crippen LogP contribution in [0.25, 0.3) is 0 Å². The van der Waals surface area contributed by atoms with Crippen molar-refractivity contribution in [1.82, 2.24) is 10.6 Å². The number of benzene rings is 2. The SMILES string of the molecule is O=C(N[C@@H]1OCCO[C@H]1NC(=O)c1ccccc1)c1ccccc1. The monoisotopic (exact) mass is 326 g/mol. The molecule has 2 atom stereocenters. The van der Waals surface area contributed by atoms with E-state index in [1.807, 2.05) is 12.1 Å². The summed E-state index contributed by atoms with van der Waals surface area (Å²) in [5, 5.41) is 5.48. The van der Waals surface area contributed by atoms with Crippen molar-refractivity contribution in [3.63, 3.8) is 0 Å². The third kappa shape index (κ3) is 3.98. The summed E-state index contributed by atoms with van der Waals surface area (Å²) in [7, 11) is 0. The summed E-state index contributed by atoms with van der Waals surface area (Å²) in [6.45, 7) is 0.689. The fraction of sp³-hybridized carbons (Fsp3) is 0.222. The Hall–Kier alpha value is -2.70. The lowest BCUT2D eigenvalue weighted by atomic mass is 10.2. The molecule has 0 aliphatic carbocycles. The van der Waals surface area contributed by atoms with Crippen LogP contribution in [0.1, 0.15) is 20.7 Å². The Bertz CT molecular complexity index is 629. The van der Waals surface area contributed by atoms with Crippen LogP contribution in [0.5, 0.6) is 0 Å². The number of carbonyl (C=O) groups excluding carboxylic acids is 2. The first-order chi connectivity index (χ1) is 11.7. The van der Waals surface area contributed by atoms with E-state index in [1.54, 1.807) is 48.5 Å². The van der Waals surface area contributed by atoms with Gasteiger partial charge in [-0.2, -0.15) is 0 Å². The van der Waals surface area contributed by atoms with E-state index in [4.69, 9.17) is 9.47 Å². The highest BCUT2D eigenvalue weighted by atomic mass is 16.6. The molecule has 0 saturated carbocycles. The standard InChI is InChI=1S/C18H18N2O4/c21-15(13-7-3-1-4-8-13)19-17-18(24-12-11-23-17)20-16(22)14-9-5-2-6-10-14/h1-10,17-18H,11-12H2,(H,19,21)(H,20,22)/t17-,18-/m1/s1. The summed E-state index contributed by atoms with van der Waals surface area (Å²) >= 11 is 0. The number of hydrogen-bond donors (Lipinski definition) is 2. The van der Waals surface area contributed by atoms with Crippen molar-refractivity contribution >= 4 is 11.8 Å². The molecule has 124 valence electrons. The van der Waals surface area contributed by atoms with Gasteiger partial charge in [0, 0.05) is 11.1 Å². The lowest BCUT2D eigenvalue weighted by Gasteiger charge is -2.32. The zero-order chi connectivity index (χ0) is 16.8. The third-order valence-electron chi connectivity index (χ3n) is 3.57. The molecule has 6 heteroatoms. The van der Waals surface area contributed by atoms with Crippen molar-refractivity contribution < 1.29 is 19.1 Å². The third-order valence-corrected chi connectivity index (χ3v) is 3.57. The first-order valence-electron chi connectivity index (χ1n) is 7.69. The molecular formula is C18H18N2O4. The van der Waals surface area contributed by atoms with Crippen molar-refractivity contribution in [1.29, 1.82) is 0 Å². The topological polar surface area (TPSA) is 76.7 Å². The van der Waals surface area contributed by atoms with Gasteiger partial charge in [0.25, 0.3) is 11.8 Å². The predicted octanol–water partition coefficient (Wildman–Crippen LogP) is 1.55. The van der Waals surface area contributed by atoms with Crippen LogP contribution in [0.3, 0.4) is 0 Å². The number of hydrogen-bond acceptors (Lipinski definition) is 4. The lowest BCUT2D eigenvalue weighted by molar-refractivity contribution is -0.154. The average molecular weight is 326 g/mol. The molecule has 6 nitrogen and oxygen atoms in total. The van der Waals surface area contributed by atoms with E-state index in [-0.39, 0.29) is 11.8 Å². The van der Waals surface area contributed by atoms with Crippen molar-refractivity contribution in [2.75, 3.05) is 13.2 Å². The van der Waals surface area contributed by atoms with Crippen molar-refractivity contribution in [2.45, 2.75) is 12.5 Å². The minimum Gasteiger partial charge on any atom is -0.351 e. The maximum absolute atomic E-state index is 12.3. The maximum Gasteiger partial charge on any atom is 0.253 e. The van der Waals surface area contributed by atoms with Crippen molar-refractivity contribution in [2.24, 2.45) is 0 Å². The van der Waals surface area contributed by atoms with Crippen molar-refractivity contribution in [3.8, 4) is 0 Å². The van der Waals surface area contributed by atoms with Gasteiger partial charge in [-0.3, -0.25) is 9.59 Å². The molecule has 1 fully saturated rings. The van der Waals surface area contributed by atoms with Crippen LogP contribution in [-0.4, -0.2) is 37.5 Å². The second kappa shape index (κ2) is 7.72. The molecule has 24 heavy (non-hydrogen) atoms. The minimum absolute atomic E-state index is 0.287. The zero-order valence-electron chi connectivity index (χ0n) is 13.0. The first kappa shape index (κ1) is 16.2. The summed E-state index contributed by atoms with van der Waals surface area (Å²) in [4.78, 5) is 24.5. The summed E-state index contributed by atoms with van der Waals surface area (Å²) < 4.78 is 11.1. The largest absolute Gasteiger partial charge is 0.351 e. The molecule has 1 heterocycles. The fourth-order valence-corrected chi connectivity index (χ4v) is 2.36. The van der Waals surface area contributed by atoms with Gasteiger partial charge in [0.15, 0.2) is 12.5 Å². The average Bonchev–Trinajstić information content (AvgIpc) is 2.64. The normalized spacial score (nSPS) is 20.2. The molecule has 0 aromatic heterocycles. The second-order valence-corrected chi connectivity index (χ2v) is 5.26. The smallest absolute Gasteiger partial charge is 0.253 e. The molecular weight excluding hydrogens is 308 g/mol. The second-order valence-electron chi connectivity index (χ2n) is 5.26. The highest BCUT2D eigenvalue weighted by Crippen LogP contribution is 2.09. The molecule has 2 N–H and O–H groups in total. The summed E-state index contributed by atoms with van der Waals surface area (Å²) in [5.74, 6) is -0.574. The summed E-state index contributed by atoms with van der Waals surface area (Å²) in [5.41, 5.74) is 1.03. The van der Waals surface area contributed by atoms with Gasteiger partial charge in [-0.1, -0.05) is 36.4 Å². The number of ether oxygens (including phenoxy) is 2. The van der Waals surface area contributed by atoms with Crippen LogP contribution in [0.4, 0.5) is 0 Å². The van der Waals surface area contributed by atoms with E-state index in [2.05, 4.69) is 10.6 Å². The van der Waals surface area contributed by atoms with Crippen LogP contribution >= 0.6 is 0 Å². The highest BCUT2D eigenvalue weighted by Gasteiger charge is 2.30. The quantitative estimate of drug-likeness (QED) is 0.894. The predicted molar refractivity (Wildman–Crippen MR) is 87.3 cm³/mol. The first-order valence-corrected chi connectivity index (χ1v) is 7.69. The van der Waals surface area contributed by atoms with E-state index in [0.29, 0.717) is 24.3 Å². The molecule has 1 saturated heterocycles.